The number of anilines is 1. The SMILES string of the molecule is COCOc1cc(-c2ncc3c(N4CCCCCN4C(=O)OC(C)(C)C)nc(OCC4(C)CN(C)CCC4C(F)F)nc3c2F)c2c(C#C[Si](C(C)C)(C(C)C)C(C)C)c(F)ccc2c1. The first kappa shape index (κ1) is 49.7. The van der Waals surface area contributed by atoms with E-state index in [1.54, 1.807) is 50.9 Å². The highest BCUT2D eigenvalue weighted by molar-refractivity contribution is 6.90. The van der Waals surface area contributed by atoms with Crippen molar-refractivity contribution in [3.05, 3.63) is 47.7 Å². The van der Waals surface area contributed by atoms with Gasteiger partial charge in [0.05, 0.1) is 17.6 Å². The summed E-state index contributed by atoms with van der Waals surface area (Å²) < 4.78 is 86.6. The van der Waals surface area contributed by atoms with Gasteiger partial charge in [-0.1, -0.05) is 60.5 Å². The lowest BCUT2D eigenvalue weighted by molar-refractivity contribution is -0.0679. The number of hydrogen-bond acceptors (Lipinski definition) is 10. The van der Waals surface area contributed by atoms with Gasteiger partial charge in [0.2, 0.25) is 6.43 Å². The van der Waals surface area contributed by atoms with E-state index in [4.69, 9.17) is 28.9 Å². The Labute approximate surface area is 382 Å². The number of hydrogen-bond donors (Lipinski definition) is 0. The number of amides is 1. The van der Waals surface area contributed by atoms with Crippen LogP contribution >= 0.6 is 0 Å². The number of aromatic nitrogens is 3. The van der Waals surface area contributed by atoms with E-state index in [1.165, 1.54) is 24.4 Å². The first-order valence-corrected chi connectivity index (χ1v) is 25.0. The predicted octanol–water partition coefficient (Wildman–Crippen LogP) is 11.4. The molecule has 354 valence electrons. The molecule has 0 saturated carbocycles. The van der Waals surface area contributed by atoms with Gasteiger partial charge in [0, 0.05) is 55.2 Å². The van der Waals surface area contributed by atoms with Crippen LogP contribution in [-0.2, 0) is 9.47 Å². The fourth-order valence-electron chi connectivity index (χ4n) is 10.0. The van der Waals surface area contributed by atoms with Gasteiger partial charge in [0.15, 0.2) is 18.4 Å². The van der Waals surface area contributed by atoms with Crippen molar-refractivity contribution < 1.29 is 41.3 Å². The topological polar surface area (TPSA) is 102 Å². The summed E-state index contributed by atoms with van der Waals surface area (Å²) in [6, 6.07) is 6.00. The normalized spacial score (nSPS) is 19.0. The van der Waals surface area contributed by atoms with Crippen LogP contribution in [0.3, 0.4) is 0 Å². The van der Waals surface area contributed by atoms with Crippen molar-refractivity contribution in [2.75, 3.05) is 58.7 Å². The number of halogens is 4. The molecular formula is C49H66F4N6O5Si. The van der Waals surface area contributed by atoms with Crippen molar-refractivity contribution in [2.24, 2.45) is 11.3 Å². The summed E-state index contributed by atoms with van der Waals surface area (Å²) in [6.45, 7) is 21.3. The summed E-state index contributed by atoms with van der Waals surface area (Å²) in [5.74, 6) is 1.33. The molecule has 4 heterocycles. The van der Waals surface area contributed by atoms with Crippen molar-refractivity contribution in [1.29, 1.82) is 0 Å². The zero-order valence-corrected chi connectivity index (χ0v) is 41.1. The molecule has 2 atom stereocenters. The molecule has 4 aromatic rings. The molecule has 6 rings (SSSR count). The Morgan fingerprint density at radius 3 is 2.31 bits per heavy atom. The summed E-state index contributed by atoms with van der Waals surface area (Å²) in [6.07, 6.45) is 0.627. The highest BCUT2D eigenvalue weighted by atomic mass is 28.3. The average molecular weight is 923 g/mol. The molecule has 11 nitrogen and oxygen atoms in total. The van der Waals surface area contributed by atoms with Gasteiger partial charge < -0.3 is 23.8 Å². The van der Waals surface area contributed by atoms with Crippen LogP contribution in [0.25, 0.3) is 32.9 Å². The molecule has 0 radical (unpaired) electrons. The van der Waals surface area contributed by atoms with Crippen LogP contribution in [-0.4, -0.2) is 105 Å². The number of benzene rings is 2. The first-order valence-electron chi connectivity index (χ1n) is 22.8. The zero-order chi connectivity index (χ0) is 47.6. The van der Waals surface area contributed by atoms with Crippen molar-refractivity contribution >= 4 is 41.7 Å². The second kappa shape index (κ2) is 20.0. The third kappa shape index (κ3) is 10.5. The van der Waals surface area contributed by atoms with Crippen LogP contribution in [0, 0.1) is 34.4 Å². The molecule has 65 heavy (non-hydrogen) atoms. The Balaban J connectivity index is 1.62. The lowest BCUT2D eigenvalue weighted by Crippen LogP contribution is -2.51. The quantitative estimate of drug-likeness (QED) is 0.0591. The third-order valence-electron chi connectivity index (χ3n) is 13.1. The fraction of sp³-hybridized carbons (Fsp3) is 0.592. The van der Waals surface area contributed by atoms with Gasteiger partial charge in [-0.2, -0.15) is 9.97 Å². The van der Waals surface area contributed by atoms with Gasteiger partial charge in [-0.05, 0) is 100 Å². The Morgan fingerprint density at radius 2 is 1.66 bits per heavy atom. The van der Waals surface area contributed by atoms with Crippen molar-refractivity contribution in [3.63, 3.8) is 0 Å². The molecule has 2 aliphatic rings. The molecule has 2 aromatic carbocycles. The minimum atomic E-state index is -2.59. The Bertz CT molecular complexity index is 2400. The number of rotatable bonds is 12. The maximum atomic E-state index is 17.9. The molecule has 2 aromatic heterocycles. The molecule has 16 heteroatoms. The van der Waals surface area contributed by atoms with E-state index in [-0.39, 0.29) is 82.5 Å². The molecule has 2 fully saturated rings. The molecule has 0 spiro atoms. The van der Waals surface area contributed by atoms with E-state index in [1.807, 2.05) is 11.9 Å². The number of likely N-dealkylation sites (tertiary alicyclic amines) is 1. The number of nitrogens with zero attached hydrogens (tertiary/aromatic N) is 6. The Kier molecular flexibility index (Phi) is 15.3. The van der Waals surface area contributed by atoms with Crippen LogP contribution < -0.4 is 14.5 Å². The van der Waals surface area contributed by atoms with Crippen LogP contribution in [0.15, 0.2) is 30.5 Å². The summed E-state index contributed by atoms with van der Waals surface area (Å²) in [5, 5.41) is 4.13. The van der Waals surface area contributed by atoms with E-state index in [2.05, 4.69) is 58.0 Å². The van der Waals surface area contributed by atoms with Crippen LogP contribution in [0.5, 0.6) is 11.8 Å². The number of piperidine rings is 1. The zero-order valence-electron chi connectivity index (χ0n) is 40.1. The number of hydrazine groups is 1. The second-order valence-electron chi connectivity index (χ2n) is 19.9. The molecular weight excluding hydrogens is 857 g/mol. The lowest BCUT2D eigenvalue weighted by Gasteiger charge is -2.44. The van der Waals surface area contributed by atoms with Crippen LogP contribution in [0.4, 0.5) is 28.2 Å². The molecule has 1 amide bonds. The van der Waals surface area contributed by atoms with E-state index in [9.17, 15) is 13.6 Å². The minimum absolute atomic E-state index is 0.111. The molecule has 2 saturated heterocycles. The number of fused-ring (bicyclic) bond motifs is 2. The summed E-state index contributed by atoms with van der Waals surface area (Å²) >= 11 is 0. The predicted molar refractivity (Wildman–Crippen MR) is 250 cm³/mol. The third-order valence-corrected chi connectivity index (χ3v) is 19.4. The van der Waals surface area contributed by atoms with Crippen LogP contribution in [0.2, 0.25) is 16.6 Å². The summed E-state index contributed by atoms with van der Waals surface area (Å²) in [5.41, 5.74) is 2.56. The van der Waals surface area contributed by atoms with E-state index >= 15 is 8.78 Å². The van der Waals surface area contributed by atoms with E-state index in [0.29, 0.717) is 49.0 Å². The Morgan fingerprint density at radius 1 is 0.969 bits per heavy atom. The van der Waals surface area contributed by atoms with Gasteiger partial charge in [-0.3, -0.25) is 9.99 Å². The number of carbonyl (C=O) groups excluding carboxylic acids is 1. The summed E-state index contributed by atoms with van der Waals surface area (Å²) in [7, 11) is 0.986. The molecule has 2 unspecified atom stereocenters. The number of carbonyl (C=O) groups is 1. The molecule has 0 N–H and O–H groups in total. The minimum Gasteiger partial charge on any atom is -0.468 e. The van der Waals surface area contributed by atoms with E-state index in [0.717, 1.165) is 6.42 Å². The number of pyridine rings is 1. The molecule has 0 aliphatic carbocycles. The van der Waals surface area contributed by atoms with Gasteiger partial charge in [-0.15, -0.1) is 5.54 Å². The lowest BCUT2D eigenvalue weighted by atomic mass is 9.73. The van der Waals surface area contributed by atoms with Crippen molar-refractivity contribution in [1.82, 2.24) is 24.9 Å². The highest BCUT2D eigenvalue weighted by Crippen LogP contribution is 2.44. The smallest absolute Gasteiger partial charge is 0.429 e. The van der Waals surface area contributed by atoms with Gasteiger partial charge in [-0.25, -0.2) is 27.4 Å². The van der Waals surface area contributed by atoms with E-state index < -0.39 is 49.2 Å². The standard InChI is InChI=1S/C49H66F4N6O5Si/c1-30(2)65(31(3)4,32(5)6)23-19-35-39(50)17-16-33-24-34(63-29-61-12)25-36(40(33)35)42-41(51)43-37(26-54-42)45(58-20-14-13-15-21-59(58)47(60)64-48(7,8)9)56-46(55-43)62-28-49(10)27-57(11)22-18-38(49)44(52)53/h16-17,24-26,30-32,38,44H,13-15,18,20-22,27-29H2,1-12H3. The number of methoxy groups -OCH3 is 1. The maximum Gasteiger partial charge on any atom is 0.429 e. The molecule has 0 bridgehead atoms. The number of alkyl halides is 2. The summed E-state index contributed by atoms with van der Waals surface area (Å²) in [4.78, 5) is 30.0. The average Bonchev–Trinajstić information content (AvgIpc) is 3.48. The van der Waals surface area contributed by atoms with Gasteiger partial charge in [0.1, 0.15) is 36.5 Å². The van der Waals surface area contributed by atoms with Crippen molar-refractivity contribution in [3.8, 4) is 34.5 Å². The number of ether oxygens (including phenoxy) is 4. The highest BCUT2D eigenvalue weighted by Gasteiger charge is 2.45. The van der Waals surface area contributed by atoms with Gasteiger partial charge in [0.25, 0.3) is 0 Å². The van der Waals surface area contributed by atoms with Crippen molar-refractivity contribution in [2.45, 2.75) is 124 Å². The molecule has 2 aliphatic heterocycles. The Hall–Kier alpha value is -4.72. The maximum absolute atomic E-state index is 17.9. The van der Waals surface area contributed by atoms with Crippen LogP contribution in [0.1, 0.15) is 100 Å². The second-order valence-corrected chi connectivity index (χ2v) is 25.5. The first-order chi connectivity index (χ1) is 30.6. The largest absolute Gasteiger partial charge is 0.468 e. The monoisotopic (exact) mass is 922 g/mol. The van der Waals surface area contributed by atoms with Gasteiger partial charge >= 0.3 is 12.1 Å². The fourth-order valence-corrected chi connectivity index (χ4v) is 15.2.